The summed E-state index contributed by atoms with van der Waals surface area (Å²) < 4.78 is 13.4. The lowest BCUT2D eigenvalue weighted by Gasteiger charge is -2.56. The van der Waals surface area contributed by atoms with Crippen LogP contribution < -0.4 is 4.74 Å². The molecule has 0 bridgehead atoms. The van der Waals surface area contributed by atoms with Gasteiger partial charge >= 0.3 is 12.1 Å². The number of nitrogens with zero attached hydrogens (tertiary/aromatic N) is 5. The predicted molar refractivity (Wildman–Crippen MR) is 130 cm³/mol. The molecule has 36 heavy (non-hydrogen) atoms. The van der Waals surface area contributed by atoms with E-state index in [1.54, 1.807) is 16.6 Å². The van der Waals surface area contributed by atoms with Crippen LogP contribution in [-0.2, 0) is 23.2 Å². The molecular weight excluding hydrogens is 462 g/mol. The zero-order valence-corrected chi connectivity index (χ0v) is 21.3. The number of rotatable bonds is 7. The number of carbonyl (C=O) groups is 2. The predicted octanol–water partition coefficient (Wildman–Crippen LogP) is 4.11. The second kappa shape index (κ2) is 9.71. The highest BCUT2D eigenvalue weighted by Crippen LogP contribution is 2.57. The van der Waals surface area contributed by atoms with E-state index in [4.69, 9.17) is 9.47 Å². The fraction of sp³-hybridized carbons (Fsp3) is 0.654. The third-order valence-electron chi connectivity index (χ3n) is 8.41. The maximum absolute atomic E-state index is 12.7. The Labute approximate surface area is 211 Å². The van der Waals surface area contributed by atoms with E-state index in [-0.39, 0.29) is 30.8 Å². The van der Waals surface area contributed by atoms with Crippen molar-refractivity contribution in [1.29, 1.82) is 0 Å². The van der Waals surface area contributed by atoms with Crippen LogP contribution in [-0.4, -0.2) is 61.2 Å². The van der Waals surface area contributed by atoms with Crippen molar-refractivity contribution in [2.75, 3.05) is 7.05 Å². The maximum atomic E-state index is 12.7. The van der Waals surface area contributed by atoms with Gasteiger partial charge in [-0.2, -0.15) is 0 Å². The number of hydrogen-bond acceptors (Lipinski definition) is 7. The fourth-order valence-electron chi connectivity index (χ4n) is 5.88. The molecule has 3 aliphatic rings. The maximum Gasteiger partial charge on any atom is 0.410 e. The number of amides is 1. The highest BCUT2D eigenvalue weighted by atomic mass is 16.6. The molecule has 1 spiro atoms. The first-order valence-corrected chi connectivity index (χ1v) is 12.9. The largest absolute Gasteiger partial charge is 0.489 e. The van der Waals surface area contributed by atoms with Crippen LogP contribution in [0.2, 0.25) is 0 Å². The van der Waals surface area contributed by atoms with Crippen LogP contribution in [0.25, 0.3) is 11.4 Å². The number of aryl methyl sites for hydroxylation is 2. The van der Waals surface area contributed by atoms with E-state index in [1.165, 1.54) is 19.3 Å². The summed E-state index contributed by atoms with van der Waals surface area (Å²) in [5.74, 6) is -0.479. The van der Waals surface area contributed by atoms with E-state index < -0.39 is 5.97 Å². The fourth-order valence-corrected chi connectivity index (χ4v) is 5.88. The van der Waals surface area contributed by atoms with Crippen molar-refractivity contribution in [3.05, 3.63) is 23.5 Å². The van der Waals surface area contributed by atoms with Gasteiger partial charge in [0.25, 0.3) is 0 Å². The number of aromatic nitrogens is 4. The van der Waals surface area contributed by atoms with Crippen molar-refractivity contribution in [2.24, 2.45) is 18.4 Å². The van der Waals surface area contributed by atoms with Crippen LogP contribution in [0, 0.1) is 18.3 Å². The van der Waals surface area contributed by atoms with E-state index in [0.29, 0.717) is 46.8 Å². The van der Waals surface area contributed by atoms with E-state index in [0.717, 1.165) is 25.7 Å². The zero-order chi connectivity index (χ0) is 25.4. The molecule has 2 atom stereocenters. The molecule has 194 valence electrons. The molecule has 3 fully saturated rings. The lowest BCUT2D eigenvalue weighted by atomic mass is 9.54. The summed E-state index contributed by atoms with van der Waals surface area (Å²) in [4.78, 5) is 30.4. The van der Waals surface area contributed by atoms with Gasteiger partial charge in [0.15, 0.2) is 0 Å². The van der Waals surface area contributed by atoms with Gasteiger partial charge in [-0.25, -0.2) is 14.5 Å². The molecule has 3 aliphatic carbocycles. The van der Waals surface area contributed by atoms with E-state index in [9.17, 15) is 14.7 Å². The minimum Gasteiger partial charge on any atom is -0.489 e. The standard InChI is InChI=1S/C26H35N5O5/c1-16-22(36-19-7-4-6-17(12-19)24(32)33)9-8-20(27-16)23-21(31(3)29-28-23)15-35-25(34)30(2)18-13-26(14-18)10-5-11-26/h8-9,17-19H,4-7,10-15H2,1-3H3,(H,32,33)/t17-,19-/m0/s1. The Bertz CT molecular complexity index is 1140. The SMILES string of the molecule is Cc1nc(-c2nnn(C)c2COC(=O)N(C)C2CC3(CCC3)C2)ccc1O[C@H]1CCC[C@H](C(=O)O)C1. The van der Waals surface area contributed by atoms with Crippen LogP contribution in [0.4, 0.5) is 4.79 Å². The molecule has 3 saturated carbocycles. The first-order valence-electron chi connectivity index (χ1n) is 12.9. The van der Waals surface area contributed by atoms with Crippen molar-refractivity contribution in [3.63, 3.8) is 0 Å². The molecule has 0 saturated heterocycles. The second-order valence-corrected chi connectivity index (χ2v) is 10.8. The molecule has 2 heterocycles. The third kappa shape index (κ3) is 4.77. The van der Waals surface area contributed by atoms with Gasteiger partial charge in [-0.15, -0.1) is 5.10 Å². The second-order valence-electron chi connectivity index (χ2n) is 10.8. The van der Waals surface area contributed by atoms with Gasteiger partial charge in [-0.05, 0) is 75.8 Å². The van der Waals surface area contributed by atoms with Gasteiger partial charge in [-0.3, -0.25) is 4.79 Å². The van der Waals surface area contributed by atoms with Crippen molar-refractivity contribution >= 4 is 12.1 Å². The monoisotopic (exact) mass is 497 g/mol. The van der Waals surface area contributed by atoms with Crippen LogP contribution in [0.5, 0.6) is 5.75 Å². The smallest absolute Gasteiger partial charge is 0.410 e. The number of carboxylic acids is 1. The van der Waals surface area contributed by atoms with Gasteiger partial charge in [0.2, 0.25) is 0 Å². The molecule has 10 nitrogen and oxygen atoms in total. The average molecular weight is 498 g/mol. The molecule has 1 N–H and O–H groups in total. The summed E-state index contributed by atoms with van der Waals surface area (Å²) in [6.45, 7) is 1.91. The van der Waals surface area contributed by atoms with E-state index >= 15 is 0 Å². The third-order valence-corrected chi connectivity index (χ3v) is 8.41. The first-order chi connectivity index (χ1) is 17.2. The van der Waals surface area contributed by atoms with Crippen LogP contribution >= 0.6 is 0 Å². The first kappa shape index (κ1) is 24.5. The van der Waals surface area contributed by atoms with Crippen molar-refractivity contribution in [2.45, 2.75) is 83.5 Å². The van der Waals surface area contributed by atoms with Gasteiger partial charge in [0.05, 0.1) is 23.4 Å². The zero-order valence-electron chi connectivity index (χ0n) is 21.3. The number of aliphatic carboxylic acids is 1. The average Bonchev–Trinajstić information content (AvgIpc) is 3.17. The number of carbonyl (C=O) groups excluding carboxylic acids is 1. The van der Waals surface area contributed by atoms with E-state index in [1.807, 2.05) is 26.1 Å². The number of ether oxygens (including phenoxy) is 2. The van der Waals surface area contributed by atoms with Gasteiger partial charge in [0, 0.05) is 20.1 Å². The topological polar surface area (TPSA) is 120 Å². The molecule has 0 unspecified atom stereocenters. The van der Waals surface area contributed by atoms with Gasteiger partial charge < -0.3 is 19.5 Å². The summed E-state index contributed by atoms with van der Waals surface area (Å²) >= 11 is 0. The Hall–Kier alpha value is -3.17. The highest BCUT2D eigenvalue weighted by molar-refractivity contribution is 5.70. The van der Waals surface area contributed by atoms with Crippen molar-refractivity contribution < 1.29 is 24.2 Å². The molecule has 2 aromatic heterocycles. The summed E-state index contributed by atoms with van der Waals surface area (Å²) in [5.41, 5.74) is 3.02. The lowest BCUT2D eigenvalue weighted by Crippen LogP contribution is -2.54. The Kier molecular flexibility index (Phi) is 6.61. The molecule has 5 rings (SSSR count). The van der Waals surface area contributed by atoms with Gasteiger partial charge in [0.1, 0.15) is 23.7 Å². The molecule has 2 aromatic rings. The van der Waals surface area contributed by atoms with Crippen molar-refractivity contribution in [3.8, 4) is 17.1 Å². The Morgan fingerprint density at radius 2 is 2.00 bits per heavy atom. The lowest BCUT2D eigenvalue weighted by molar-refractivity contribution is -0.143. The number of carboxylic acid groups (broad SMARTS) is 1. The minimum absolute atomic E-state index is 0.0531. The molecule has 0 aromatic carbocycles. The molecule has 10 heteroatoms. The molecule has 0 radical (unpaired) electrons. The van der Waals surface area contributed by atoms with Crippen LogP contribution in [0.15, 0.2) is 12.1 Å². The molecule has 1 amide bonds. The Morgan fingerprint density at radius 1 is 1.22 bits per heavy atom. The van der Waals surface area contributed by atoms with Crippen molar-refractivity contribution in [1.82, 2.24) is 24.9 Å². The highest BCUT2D eigenvalue weighted by Gasteiger charge is 2.50. The summed E-state index contributed by atoms with van der Waals surface area (Å²) in [5, 5.41) is 17.7. The molecular formula is C26H35N5O5. The van der Waals surface area contributed by atoms with Crippen LogP contribution in [0.3, 0.4) is 0 Å². The number of pyridine rings is 1. The summed E-state index contributed by atoms with van der Waals surface area (Å²) in [6.07, 6.45) is 8.45. The van der Waals surface area contributed by atoms with Gasteiger partial charge in [-0.1, -0.05) is 11.6 Å². The normalized spacial score (nSPS) is 23.0. The summed E-state index contributed by atoms with van der Waals surface area (Å²) in [7, 11) is 3.58. The van der Waals surface area contributed by atoms with E-state index in [2.05, 4.69) is 15.3 Å². The quantitative estimate of drug-likeness (QED) is 0.607. The summed E-state index contributed by atoms with van der Waals surface area (Å²) in [6, 6.07) is 3.91. The molecule has 0 aliphatic heterocycles. The number of hydrogen-bond donors (Lipinski definition) is 1. The minimum atomic E-state index is -0.759. The Morgan fingerprint density at radius 3 is 2.67 bits per heavy atom. The Balaban J connectivity index is 1.21. The van der Waals surface area contributed by atoms with Crippen LogP contribution in [0.1, 0.15) is 69.2 Å².